The number of carbonyl (C=O) groups excluding carboxylic acids is 2. The number of halogens is 3. The smallest absolute Gasteiger partial charge is 0.406 e. The third kappa shape index (κ3) is 5.57. The maximum Gasteiger partial charge on any atom is 0.573 e. The highest BCUT2D eigenvalue weighted by Gasteiger charge is 2.31. The highest BCUT2D eigenvalue weighted by molar-refractivity contribution is 7.22. The largest absolute Gasteiger partial charge is 0.573 e. The molecule has 1 heterocycles. The first kappa shape index (κ1) is 18.9. The van der Waals surface area contributed by atoms with Crippen molar-refractivity contribution in [2.45, 2.75) is 12.8 Å². The van der Waals surface area contributed by atoms with E-state index in [2.05, 4.69) is 15.0 Å². The molecular weight excluding hydrogens is 361 g/mol. The lowest BCUT2D eigenvalue weighted by atomic mass is 10.3. The van der Waals surface area contributed by atoms with Crippen LogP contribution in [0.15, 0.2) is 18.2 Å². The molecule has 0 saturated carbocycles. The van der Waals surface area contributed by atoms with E-state index in [1.54, 1.807) is 0 Å². The van der Waals surface area contributed by atoms with E-state index in [-0.39, 0.29) is 36.3 Å². The van der Waals surface area contributed by atoms with Crippen molar-refractivity contribution in [3.05, 3.63) is 18.2 Å². The summed E-state index contributed by atoms with van der Waals surface area (Å²) in [6.07, 6.45) is -4.65. The Balaban J connectivity index is 2.04. The third-order valence-corrected chi connectivity index (χ3v) is 3.94. The summed E-state index contributed by atoms with van der Waals surface area (Å²) < 4.78 is 40.9. The van der Waals surface area contributed by atoms with Gasteiger partial charge in [-0.25, -0.2) is 4.98 Å². The lowest BCUT2D eigenvalue weighted by Gasteiger charge is -2.15. The molecule has 25 heavy (non-hydrogen) atoms. The molecule has 0 aliphatic rings. The van der Waals surface area contributed by atoms with Crippen LogP contribution in [0.25, 0.3) is 10.2 Å². The Kier molecular flexibility index (Phi) is 5.80. The van der Waals surface area contributed by atoms with Crippen LogP contribution in [0.1, 0.15) is 6.42 Å². The maximum absolute atomic E-state index is 12.2. The average molecular weight is 376 g/mol. The minimum absolute atomic E-state index is 0.132. The first-order valence-corrected chi connectivity index (χ1v) is 7.90. The minimum atomic E-state index is -4.78. The van der Waals surface area contributed by atoms with Crippen molar-refractivity contribution in [1.82, 2.24) is 9.88 Å². The van der Waals surface area contributed by atoms with Gasteiger partial charge in [0, 0.05) is 26.1 Å². The summed E-state index contributed by atoms with van der Waals surface area (Å²) in [7, 11) is 1.47. The number of nitrogens with two attached hydrogens (primary N) is 1. The van der Waals surface area contributed by atoms with E-state index < -0.39 is 12.3 Å². The fraction of sp³-hybridized carbons (Fsp3) is 0.357. The first-order chi connectivity index (χ1) is 11.7. The molecule has 136 valence electrons. The molecule has 1 aromatic heterocycles. The Labute approximate surface area is 144 Å². The van der Waals surface area contributed by atoms with Crippen LogP contribution < -0.4 is 15.8 Å². The van der Waals surface area contributed by atoms with Gasteiger partial charge in [-0.2, -0.15) is 0 Å². The number of nitrogens with one attached hydrogen (secondary N) is 1. The molecule has 7 nitrogen and oxygen atoms in total. The molecule has 2 aromatic rings. The van der Waals surface area contributed by atoms with Crippen molar-refractivity contribution < 1.29 is 27.5 Å². The molecule has 0 bridgehead atoms. The van der Waals surface area contributed by atoms with Crippen LogP contribution in [0.4, 0.5) is 18.3 Å². The van der Waals surface area contributed by atoms with Crippen LogP contribution in [0, 0.1) is 0 Å². The van der Waals surface area contributed by atoms with Gasteiger partial charge in [0.2, 0.25) is 11.8 Å². The standard InChI is InChI=1S/C14H15F3N4O3S/c1-21(12(23)4-5-18)7-11(22)20-13-19-9-3-2-8(6-10(9)25-13)24-14(15,16)17/h2-3,6H,4-5,7,18H2,1H3,(H,19,20,22). The van der Waals surface area contributed by atoms with Crippen molar-refractivity contribution >= 4 is 38.5 Å². The van der Waals surface area contributed by atoms with E-state index >= 15 is 0 Å². The highest BCUT2D eigenvalue weighted by Crippen LogP contribution is 2.31. The summed E-state index contributed by atoms with van der Waals surface area (Å²) >= 11 is 0.998. The number of anilines is 1. The van der Waals surface area contributed by atoms with Gasteiger partial charge in [0.15, 0.2) is 5.13 Å². The Bertz CT molecular complexity index is 778. The molecule has 0 atom stereocenters. The second kappa shape index (κ2) is 7.66. The summed E-state index contributed by atoms with van der Waals surface area (Å²) in [5, 5.41) is 2.72. The van der Waals surface area contributed by atoms with Crippen molar-refractivity contribution in [2.24, 2.45) is 5.73 Å². The van der Waals surface area contributed by atoms with Gasteiger partial charge in [0.25, 0.3) is 0 Å². The number of hydrogen-bond acceptors (Lipinski definition) is 6. The third-order valence-electron chi connectivity index (χ3n) is 3.00. The molecule has 0 saturated heterocycles. The van der Waals surface area contributed by atoms with E-state index in [1.807, 2.05) is 0 Å². The summed E-state index contributed by atoms with van der Waals surface area (Å²) in [5.74, 6) is -1.11. The van der Waals surface area contributed by atoms with Crippen LogP contribution in [0.3, 0.4) is 0 Å². The zero-order valence-electron chi connectivity index (χ0n) is 13.1. The van der Waals surface area contributed by atoms with Crippen molar-refractivity contribution in [2.75, 3.05) is 25.5 Å². The predicted molar refractivity (Wildman–Crippen MR) is 86.2 cm³/mol. The molecule has 11 heteroatoms. The maximum atomic E-state index is 12.2. The summed E-state index contributed by atoms with van der Waals surface area (Å²) in [4.78, 5) is 28.8. The summed E-state index contributed by atoms with van der Waals surface area (Å²) in [5.41, 5.74) is 5.70. The molecule has 2 rings (SSSR count). The number of benzene rings is 1. The molecule has 0 fully saturated rings. The van der Waals surface area contributed by atoms with Crippen molar-refractivity contribution in [3.63, 3.8) is 0 Å². The molecule has 2 amide bonds. The molecule has 0 unspecified atom stereocenters. The van der Waals surface area contributed by atoms with Gasteiger partial charge >= 0.3 is 6.36 Å². The molecule has 1 aromatic carbocycles. The number of nitrogens with zero attached hydrogens (tertiary/aromatic N) is 2. The molecule has 0 aliphatic carbocycles. The molecule has 0 radical (unpaired) electrons. The number of hydrogen-bond donors (Lipinski definition) is 2. The van der Waals surface area contributed by atoms with Gasteiger partial charge in [0.05, 0.1) is 16.8 Å². The number of alkyl halides is 3. The lowest BCUT2D eigenvalue weighted by molar-refractivity contribution is -0.274. The zero-order chi connectivity index (χ0) is 18.6. The molecular formula is C14H15F3N4O3S. The van der Waals surface area contributed by atoms with Crippen LogP contribution in [0.5, 0.6) is 5.75 Å². The Morgan fingerprint density at radius 3 is 2.76 bits per heavy atom. The first-order valence-electron chi connectivity index (χ1n) is 7.08. The van der Waals surface area contributed by atoms with Gasteiger partial charge in [0.1, 0.15) is 5.75 Å². The number of fused-ring (bicyclic) bond motifs is 1. The highest BCUT2D eigenvalue weighted by atomic mass is 32.1. The molecule has 3 N–H and O–H groups in total. The van der Waals surface area contributed by atoms with E-state index in [9.17, 15) is 22.8 Å². The minimum Gasteiger partial charge on any atom is -0.406 e. The number of likely N-dealkylation sites (N-methyl/N-ethyl adjacent to an activating group) is 1. The van der Waals surface area contributed by atoms with Crippen molar-refractivity contribution in [1.29, 1.82) is 0 Å². The van der Waals surface area contributed by atoms with E-state index in [4.69, 9.17) is 5.73 Å². The summed E-state index contributed by atoms with van der Waals surface area (Å²) in [6, 6.07) is 3.69. The molecule has 0 spiro atoms. The van der Waals surface area contributed by atoms with Gasteiger partial charge < -0.3 is 20.7 Å². The number of amides is 2. The number of aromatic nitrogens is 1. The average Bonchev–Trinajstić information content (AvgIpc) is 2.86. The molecule has 0 aliphatic heterocycles. The number of ether oxygens (including phenoxy) is 1. The van der Waals surface area contributed by atoms with Crippen LogP contribution in [-0.4, -0.2) is 48.2 Å². The van der Waals surface area contributed by atoms with Crippen LogP contribution >= 0.6 is 11.3 Å². The SMILES string of the molecule is CN(CC(=O)Nc1nc2ccc(OC(F)(F)F)cc2s1)C(=O)CCN. The zero-order valence-corrected chi connectivity index (χ0v) is 13.9. The Morgan fingerprint density at radius 1 is 1.40 bits per heavy atom. The number of rotatable bonds is 6. The Hall–Kier alpha value is -2.40. The quantitative estimate of drug-likeness (QED) is 0.803. The second-order valence-electron chi connectivity index (χ2n) is 5.03. The monoisotopic (exact) mass is 376 g/mol. The van der Waals surface area contributed by atoms with Crippen LogP contribution in [-0.2, 0) is 9.59 Å². The van der Waals surface area contributed by atoms with Gasteiger partial charge in [-0.05, 0) is 12.1 Å². The normalized spacial score (nSPS) is 11.4. The lowest BCUT2D eigenvalue weighted by Crippen LogP contribution is -2.35. The van der Waals surface area contributed by atoms with E-state index in [0.29, 0.717) is 10.2 Å². The summed E-state index contributed by atoms with van der Waals surface area (Å²) in [6.45, 7) is 0.00217. The number of thiazole rings is 1. The van der Waals surface area contributed by atoms with Crippen molar-refractivity contribution in [3.8, 4) is 5.75 Å². The number of carbonyl (C=O) groups is 2. The van der Waals surface area contributed by atoms with E-state index in [1.165, 1.54) is 24.1 Å². The van der Waals surface area contributed by atoms with Gasteiger partial charge in [-0.3, -0.25) is 9.59 Å². The van der Waals surface area contributed by atoms with Gasteiger partial charge in [-0.1, -0.05) is 11.3 Å². The second-order valence-corrected chi connectivity index (χ2v) is 6.06. The van der Waals surface area contributed by atoms with Gasteiger partial charge in [-0.15, -0.1) is 13.2 Å². The van der Waals surface area contributed by atoms with E-state index in [0.717, 1.165) is 17.4 Å². The predicted octanol–water partition coefficient (Wildman–Crippen LogP) is 1.94. The fourth-order valence-electron chi connectivity index (χ4n) is 1.93. The Morgan fingerprint density at radius 2 is 2.12 bits per heavy atom. The fourth-order valence-corrected chi connectivity index (χ4v) is 2.84. The topological polar surface area (TPSA) is 97.5 Å². The van der Waals surface area contributed by atoms with Crippen LogP contribution in [0.2, 0.25) is 0 Å².